The monoisotopic (exact) mass is 701 g/mol. The maximum Gasteiger partial charge on any atom is 0.276 e. The fourth-order valence-electron chi connectivity index (χ4n) is 4.90. The Hall–Kier alpha value is -6.03. The molecule has 5 aromatic rings. The number of thiophene rings is 1. The van der Waals surface area contributed by atoms with Gasteiger partial charge in [0.1, 0.15) is 16.8 Å². The first-order valence-corrected chi connectivity index (χ1v) is 17.2. The average molecular weight is 702 g/mol. The van der Waals surface area contributed by atoms with Gasteiger partial charge in [0.15, 0.2) is 0 Å². The fraction of sp³-hybridized carbons (Fsp3) is 0.105. The topological polar surface area (TPSA) is 154 Å². The Morgan fingerprint density at radius 3 is 2.38 bits per heavy atom. The number of nitrogens with zero attached hydrogens (tertiary/aromatic N) is 2. The number of aryl methyl sites for hydroxylation is 1. The quantitative estimate of drug-likeness (QED) is 0.0511. The Morgan fingerprint density at radius 1 is 0.960 bits per heavy atom. The van der Waals surface area contributed by atoms with E-state index < -0.39 is 22.0 Å². The molecule has 250 valence electrons. The van der Waals surface area contributed by atoms with E-state index >= 15 is 0 Å². The lowest BCUT2D eigenvalue weighted by Crippen LogP contribution is -2.30. The van der Waals surface area contributed by atoms with E-state index in [1.807, 2.05) is 43.5 Å². The number of rotatable bonds is 12. The second-order valence-electron chi connectivity index (χ2n) is 11.0. The molecule has 0 spiro atoms. The highest BCUT2D eigenvalue weighted by atomic mass is 32.2. The molecule has 0 aliphatic carbocycles. The van der Waals surface area contributed by atoms with Crippen LogP contribution in [0.1, 0.15) is 40.4 Å². The highest BCUT2D eigenvalue weighted by Crippen LogP contribution is 2.36. The molecule has 1 atom stereocenters. The summed E-state index contributed by atoms with van der Waals surface area (Å²) in [6.45, 7) is 3.87. The molecule has 0 saturated carbocycles. The van der Waals surface area contributed by atoms with Crippen LogP contribution in [-0.4, -0.2) is 27.9 Å². The minimum atomic E-state index is -0.703. The van der Waals surface area contributed by atoms with Gasteiger partial charge in [0, 0.05) is 33.2 Å². The fourth-order valence-corrected chi connectivity index (χ4v) is 6.84. The number of nitro benzene ring substituents is 1. The van der Waals surface area contributed by atoms with Crippen LogP contribution in [0.15, 0.2) is 119 Å². The minimum absolute atomic E-state index is 0.133. The van der Waals surface area contributed by atoms with Crippen LogP contribution in [0.4, 0.5) is 16.4 Å². The van der Waals surface area contributed by atoms with Gasteiger partial charge in [0.2, 0.25) is 5.91 Å². The summed E-state index contributed by atoms with van der Waals surface area (Å²) in [6.07, 6.45) is 1.74. The molecule has 10 nitrogen and oxygen atoms in total. The van der Waals surface area contributed by atoms with E-state index in [1.165, 1.54) is 47.4 Å². The van der Waals surface area contributed by atoms with Gasteiger partial charge in [-0.2, -0.15) is 5.26 Å². The van der Waals surface area contributed by atoms with E-state index in [0.29, 0.717) is 33.1 Å². The standard InChI is InChI=1S/C38H31N5O5S2/c1-3-34(37(46)42-38-30(22-39)31(23-49-38)25-18-16-24(2)17-19-25)50-29-14-9-13-28(21-29)40-36(45)32(41-35(44)26-10-5-4-6-11-26)20-27-12-7-8-15-33(27)43(47)48/h4-21,23,34H,3H2,1-2H3,(H,40,45)(H,41,44)(H,42,46)/b32-20+. The Morgan fingerprint density at radius 2 is 1.68 bits per heavy atom. The van der Waals surface area contributed by atoms with Gasteiger partial charge >= 0.3 is 0 Å². The maximum absolute atomic E-state index is 13.6. The zero-order chi connectivity index (χ0) is 35.6. The molecular weight excluding hydrogens is 671 g/mol. The van der Waals surface area contributed by atoms with Crippen LogP contribution >= 0.6 is 23.1 Å². The number of carbonyl (C=O) groups is 3. The van der Waals surface area contributed by atoms with Crippen molar-refractivity contribution >= 4 is 63.3 Å². The summed E-state index contributed by atoms with van der Waals surface area (Å²) in [5.41, 5.74) is 3.53. The molecule has 1 heterocycles. The lowest BCUT2D eigenvalue weighted by Gasteiger charge is -2.16. The molecule has 5 rings (SSSR count). The Balaban J connectivity index is 1.33. The number of carbonyl (C=O) groups excluding carboxylic acids is 3. The van der Waals surface area contributed by atoms with Gasteiger partial charge in [-0.25, -0.2) is 0 Å². The normalized spacial score (nSPS) is 11.6. The van der Waals surface area contributed by atoms with Crippen LogP contribution in [0.3, 0.4) is 0 Å². The van der Waals surface area contributed by atoms with E-state index in [-0.39, 0.29) is 22.9 Å². The number of nitro groups is 1. The number of nitrogens with one attached hydrogen (secondary N) is 3. The molecule has 0 bridgehead atoms. The minimum Gasteiger partial charge on any atom is -0.321 e. The van der Waals surface area contributed by atoms with E-state index in [4.69, 9.17) is 0 Å². The molecule has 1 aromatic heterocycles. The van der Waals surface area contributed by atoms with Crippen molar-refractivity contribution in [2.75, 3.05) is 10.6 Å². The first-order chi connectivity index (χ1) is 24.2. The number of benzene rings is 4. The third kappa shape index (κ3) is 8.70. The number of thioether (sulfide) groups is 1. The first-order valence-electron chi connectivity index (χ1n) is 15.5. The zero-order valence-electron chi connectivity index (χ0n) is 27.0. The van der Waals surface area contributed by atoms with Crippen molar-refractivity contribution in [3.8, 4) is 17.2 Å². The molecule has 50 heavy (non-hydrogen) atoms. The molecule has 3 N–H and O–H groups in total. The molecule has 0 saturated heterocycles. The first kappa shape index (κ1) is 35.3. The highest BCUT2D eigenvalue weighted by Gasteiger charge is 2.23. The van der Waals surface area contributed by atoms with Gasteiger partial charge < -0.3 is 16.0 Å². The van der Waals surface area contributed by atoms with Crippen molar-refractivity contribution in [2.24, 2.45) is 0 Å². The second kappa shape index (κ2) is 16.4. The number of para-hydroxylation sites is 1. The van der Waals surface area contributed by atoms with E-state index in [2.05, 4.69) is 22.0 Å². The Labute approximate surface area is 297 Å². The van der Waals surface area contributed by atoms with Crippen molar-refractivity contribution in [1.82, 2.24) is 5.32 Å². The highest BCUT2D eigenvalue weighted by molar-refractivity contribution is 8.00. The second-order valence-corrected chi connectivity index (χ2v) is 13.2. The van der Waals surface area contributed by atoms with Crippen molar-refractivity contribution in [3.05, 3.63) is 147 Å². The summed E-state index contributed by atoms with van der Waals surface area (Å²) in [4.78, 5) is 51.8. The van der Waals surface area contributed by atoms with Crippen LogP contribution in [0.25, 0.3) is 17.2 Å². The summed E-state index contributed by atoms with van der Waals surface area (Å²) in [7, 11) is 0. The van der Waals surface area contributed by atoms with Crippen LogP contribution < -0.4 is 16.0 Å². The van der Waals surface area contributed by atoms with Crippen molar-refractivity contribution < 1.29 is 19.3 Å². The maximum atomic E-state index is 13.6. The van der Waals surface area contributed by atoms with Gasteiger partial charge in [-0.1, -0.05) is 73.2 Å². The molecular formula is C38H31N5O5S2. The van der Waals surface area contributed by atoms with Gasteiger partial charge in [0.25, 0.3) is 17.5 Å². The molecule has 0 aliphatic heterocycles. The van der Waals surface area contributed by atoms with Crippen LogP contribution in [-0.2, 0) is 9.59 Å². The molecule has 0 fully saturated rings. The number of amides is 3. The van der Waals surface area contributed by atoms with Gasteiger partial charge in [-0.15, -0.1) is 23.1 Å². The van der Waals surface area contributed by atoms with Gasteiger partial charge in [-0.05, 0) is 61.4 Å². The molecule has 0 aliphatic rings. The van der Waals surface area contributed by atoms with Crippen molar-refractivity contribution in [3.63, 3.8) is 0 Å². The lowest BCUT2D eigenvalue weighted by atomic mass is 10.0. The largest absolute Gasteiger partial charge is 0.321 e. The summed E-state index contributed by atoms with van der Waals surface area (Å²) >= 11 is 2.59. The summed E-state index contributed by atoms with van der Waals surface area (Å²) in [5, 5.41) is 31.7. The predicted octanol–water partition coefficient (Wildman–Crippen LogP) is 8.42. The van der Waals surface area contributed by atoms with E-state index in [1.54, 1.807) is 60.7 Å². The Bertz CT molecular complexity index is 2120. The van der Waals surface area contributed by atoms with Crippen molar-refractivity contribution in [1.29, 1.82) is 5.26 Å². The number of nitriles is 1. The SMILES string of the molecule is CCC(Sc1cccc(NC(=O)/C(=C\c2ccccc2[N+](=O)[O-])NC(=O)c2ccccc2)c1)C(=O)Nc1scc(-c2ccc(C)cc2)c1C#N. The lowest BCUT2D eigenvalue weighted by molar-refractivity contribution is -0.385. The summed E-state index contributed by atoms with van der Waals surface area (Å²) in [6, 6.07) is 31.1. The summed E-state index contributed by atoms with van der Waals surface area (Å²) in [5.74, 6) is -1.53. The number of anilines is 2. The molecule has 12 heteroatoms. The smallest absolute Gasteiger partial charge is 0.276 e. The summed E-state index contributed by atoms with van der Waals surface area (Å²) < 4.78 is 0. The average Bonchev–Trinajstić information content (AvgIpc) is 3.53. The zero-order valence-corrected chi connectivity index (χ0v) is 28.6. The Kier molecular flexibility index (Phi) is 11.6. The molecule has 0 radical (unpaired) electrons. The van der Waals surface area contributed by atoms with Crippen LogP contribution in [0.2, 0.25) is 0 Å². The van der Waals surface area contributed by atoms with Gasteiger partial charge in [0.05, 0.1) is 21.3 Å². The van der Waals surface area contributed by atoms with Crippen LogP contribution in [0, 0.1) is 28.4 Å². The van der Waals surface area contributed by atoms with Crippen LogP contribution in [0.5, 0.6) is 0 Å². The third-order valence-corrected chi connectivity index (χ3v) is 9.75. The number of hydrogen-bond donors (Lipinski definition) is 3. The number of hydrogen-bond acceptors (Lipinski definition) is 8. The predicted molar refractivity (Wildman–Crippen MR) is 198 cm³/mol. The van der Waals surface area contributed by atoms with Gasteiger partial charge in [-0.3, -0.25) is 24.5 Å². The van der Waals surface area contributed by atoms with Crippen molar-refractivity contribution in [2.45, 2.75) is 30.4 Å². The van der Waals surface area contributed by atoms with E-state index in [0.717, 1.165) is 16.7 Å². The third-order valence-electron chi connectivity index (χ3n) is 7.50. The molecule has 1 unspecified atom stereocenters. The molecule has 4 aromatic carbocycles. The molecule has 3 amide bonds. The van der Waals surface area contributed by atoms with E-state index in [9.17, 15) is 29.8 Å².